The van der Waals surface area contributed by atoms with Crippen LogP contribution in [0.5, 0.6) is 5.75 Å². The first-order valence-electron chi connectivity index (χ1n) is 8.49. The standard InChI is InChI=1S/C19H26FN3O3.HI/c1-5-21-18(22-11-14-7-8-16(25-4)15(20)10-14)23-12-19(3,24)17-9-6-13(2)26-17;/h6-10,24H,5,11-12H2,1-4H3,(H2,21,22,23);1H. The van der Waals surface area contributed by atoms with Gasteiger partial charge in [-0.1, -0.05) is 6.07 Å². The molecule has 1 heterocycles. The summed E-state index contributed by atoms with van der Waals surface area (Å²) in [5.74, 6) is 1.52. The molecule has 3 N–H and O–H groups in total. The quantitative estimate of drug-likeness (QED) is 0.315. The first-order chi connectivity index (χ1) is 12.4. The predicted molar refractivity (Wildman–Crippen MR) is 114 cm³/mol. The average Bonchev–Trinajstić information content (AvgIpc) is 3.05. The van der Waals surface area contributed by atoms with Gasteiger partial charge < -0.3 is 24.9 Å². The monoisotopic (exact) mass is 491 g/mol. The van der Waals surface area contributed by atoms with Gasteiger partial charge >= 0.3 is 0 Å². The molecule has 27 heavy (non-hydrogen) atoms. The van der Waals surface area contributed by atoms with Crippen LogP contribution >= 0.6 is 24.0 Å². The molecular formula is C19H27FIN3O3. The number of nitrogens with one attached hydrogen (secondary N) is 2. The van der Waals surface area contributed by atoms with Gasteiger partial charge in [0.05, 0.1) is 20.2 Å². The number of guanidine groups is 1. The lowest BCUT2D eigenvalue weighted by molar-refractivity contribution is 0.0378. The molecule has 0 saturated heterocycles. The van der Waals surface area contributed by atoms with Crippen LogP contribution in [0.1, 0.15) is 30.9 Å². The highest BCUT2D eigenvalue weighted by atomic mass is 127. The molecule has 0 aliphatic rings. The number of hydrogen-bond acceptors (Lipinski definition) is 4. The number of halogens is 2. The van der Waals surface area contributed by atoms with E-state index < -0.39 is 11.4 Å². The molecule has 8 heteroatoms. The molecule has 2 rings (SSSR count). The summed E-state index contributed by atoms with van der Waals surface area (Å²) in [4.78, 5) is 4.43. The third-order valence-corrected chi connectivity index (χ3v) is 3.85. The van der Waals surface area contributed by atoms with Crippen molar-refractivity contribution in [2.75, 3.05) is 20.2 Å². The van der Waals surface area contributed by atoms with Gasteiger partial charge in [0.2, 0.25) is 0 Å². The van der Waals surface area contributed by atoms with E-state index in [-0.39, 0.29) is 42.8 Å². The maximum absolute atomic E-state index is 13.8. The lowest BCUT2D eigenvalue weighted by Crippen LogP contribution is -2.44. The molecule has 2 aromatic rings. The van der Waals surface area contributed by atoms with E-state index in [1.54, 1.807) is 31.2 Å². The highest BCUT2D eigenvalue weighted by Gasteiger charge is 2.27. The normalized spacial score (nSPS) is 13.5. The molecule has 1 aromatic carbocycles. The van der Waals surface area contributed by atoms with Gasteiger partial charge in [-0.25, -0.2) is 9.38 Å². The molecule has 1 aromatic heterocycles. The fourth-order valence-corrected chi connectivity index (χ4v) is 2.39. The molecule has 0 amide bonds. The summed E-state index contributed by atoms with van der Waals surface area (Å²) in [6.45, 7) is 6.59. The fourth-order valence-electron chi connectivity index (χ4n) is 2.39. The van der Waals surface area contributed by atoms with Crippen molar-refractivity contribution in [1.29, 1.82) is 0 Å². The number of aryl methyl sites for hydroxylation is 1. The lowest BCUT2D eigenvalue weighted by atomic mass is 10.0. The number of hydrogen-bond donors (Lipinski definition) is 3. The van der Waals surface area contributed by atoms with Gasteiger partial charge in [0.25, 0.3) is 0 Å². The number of rotatable bonds is 7. The minimum atomic E-state index is -1.18. The Hall–Kier alpha value is -1.81. The van der Waals surface area contributed by atoms with Gasteiger partial charge in [0.15, 0.2) is 17.5 Å². The summed E-state index contributed by atoms with van der Waals surface area (Å²) in [7, 11) is 1.43. The highest BCUT2D eigenvalue weighted by Crippen LogP contribution is 2.22. The van der Waals surface area contributed by atoms with E-state index in [9.17, 15) is 9.50 Å². The molecule has 0 bridgehead atoms. The first kappa shape index (κ1) is 23.2. The van der Waals surface area contributed by atoms with Gasteiger partial charge in [-0.15, -0.1) is 24.0 Å². The summed E-state index contributed by atoms with van der Waals surface area (Å²) in [6.07, 6.45) is 0. The van der Waals surface area contributed by atoms with Crippen LogP contribution in [0.3, 0.4) is 0 Å². The van der Waals surface area contributed by atoms with E-state index in [2.05, 4.69) is 15.6 Å². The number of benzene rings is 1. The predicted octanol–water partition coefficient (Wildman–Crippen LogP) is 3.32. The van der Waals surface area contributed by atoms with Gasteiger partial charge in [-0.3, -0.25) is 0 Å². The van der Waals surface area contributed by atoms with Gasteiger partial charge in [0.1, 0.15) is 17.1 Å². The summed E-state index contributed by atoms with van der Waals surface area (Å²) in [5.41, 5.74) is -0.467. The van der Waals surface area contributed by atoms with Crippen LogP contribution in [-0.2, 0) is 12.1 Å². The van der Waals surface area contributed by atoms with E-state index in [1.807, 2.05) is 13.8 Å². The Bertz CT molecular complexity index is 762. The van der Waals surface area contributed by atoms with Crippen LogP contribution in [0.2, 0.25) is 0 Å². The van der Waals surface area contributed by atoms with Crippen LogP contribution in [-0.4, -0.2) is 31.3 Å². The Kier molecular flexibility index (Phi) is 9.04. The average molecular weight is 491 g/mol. The molecule has 0 aliphatic heterocycles. The third kappa shape index (κ3) is 6.69. The summed E-state index contributed by atoms with van der Waals surface area (Å²) >= 11 is 0. The second-order valence-electron chi connectivity index (χ2n) is 6.20. The molecule has 0 radical (unpaired) electrons. The Morgan fingerprint density at radius 1 is 1.30 bits per heavy atom. The number of nitrogens with zero attached hydrogens (tertiary/aromatic N) is 1. The van der Waals surface area contributed by atoms with Crippen molar-refractivity contribution in [3.8, 4) is 5.75 Å². The third-order valence-electron chi connectivity index (χ3n) is 3.85. The minimum Gasteiger partial charge on any atom is -0.494 e. The van der Waals surface area contributed by atoms with E-state index in [0.29, 0.717) is 23.8 Å². The van der Waals surface area contributed by atoms with Crippen molar-refractivity contribution in [3.05, 3.63) is 53.2 Å². The largest absolute Gasteiger partial charge is 0.494 e. The van der Waals surface area contributed by atoms with E-state index >= 15 is 0 Å². The Balaban J connectivity index is 0.00000364. The zero-order valence-corrected chi connectivity index (χ0v) is 18.3. The zero-order valence-electron chi connectivity index (χ0n) is 16.0. The summed E-state index contributed by atoms with van der Waals surface area (Å²) in [6, 6.07) is 8.29. The molecule has 1 atom stereocenters. The molecule has 0 spiro atoms. The smallest absolute Gasteiger partial charge is 0.191 e. The van der Waals surface area contributed by atoms with E-state index in [4.69, 9.17) is 9.15 Å². The SMILES string of the molecule is CCNC(=NCc1ccc(OC)c(F)c1)NCC(C)(O)c1ccc(C)o1.I. The molecule has 0 saturated carbocycles. The van der Waals surface area contributed by atoms with Crippen LogP contribution in [0.25, 0.3) is 0 Å². The summed E-state index contributed by atoms with van der Waals surface area (Å²) in [5, 5.41) is 16.8. The molecule has 0 aliphatic carbocycles. The highest BCUT2D eigenvalue weighted by molar-refractivity contribution is 14.0. The van der Waals surface area contributed by atoms with Crippen molar-refractivity contribution < 1.29 is 18.7 Å². The van der Waals surface area contributed by atoms with Crippen molar-refractivity contribution in [3.63, 3.8) is 0 Å². The van der Waals surface area contributed by atoms with Gasteiger partial charge in [-0.05, 0) is 50.6 Å². The lowest BCUT2D eigenvalue weighted by Gasteiger charge is -2.22. The van der Waals surface area contributed by atoms with Crippen LogP contribution in [0.15, 0.2) is 39.7 Å². The fraction of sp³-hybridized carbons (Fsp3) is 0.421. The Morgan fingerprint density at radius 3 is 2.59 bits per heavy atom. The number of aliphatic imine (C=N–C) groups is 1. The minimum absolute atomic E-state index is 0. The Labute approximate surface area is 176 Å². The molecule has 0 fully saturated rings. The topological polar surface area (TPSA) is 79.0 Å². The second kappa shape index (κ2) is 10.5. The zero-order chi connectivity index (χ0) is 19.2. The molecule has 1 unspecified atom stereocenters. The van der Waals surface area contributed by atoms with Gasteiger partial charge in [0, 0.05) is 6.54 Å². The first-order valence-corrected chi connectivity index (χ1v) is 8.49. The molecular weight excluding hydrogens is 464 g/mol. The number of ether oxygens (including phenoxy) is 1. The maximum atomic E-state index is 13.8. The molecule has 150 valence electrons. The summed E-state index contributed by atoms with van der Waals surface area (Å²) < 4.78 is 24.2. The van der Waals surface area contributed by atoms with Crippen LogP contribution in [0, 0.1) is 12.7 Å². The Morgan fingerprint density at radius 2 is 2.04 bits per heavy atom. The van der Waals surface area contributed by atoms with Gasteiger partial charge in [-0.2, -0.15) is 0 Å². The van der Waals surface area contributed by atoms with Crippen LogP contribution in [0.4, 0.5) is 4.39 Å². The number of aliphatic hydroxyl groups is 1. The van der Waals surface area contributed by atoms with E-state index in [0.717, 1.165) is 5.76 Å². The van der Waals surface area contributed by atoms with Crippen molar-refractivity contribution in [2.45, 2.75) is 32.9 Å². The van der Waals surface area contributed by atoms with Crippen molar-refractivity contribution in [1.82, 2.24) is 10.6 Å². The van der Waals surface area contributed by atoms with Crippen LogP contribution < -0.4 is 15.4 Å². The molecule has 6 nitrogen and oxygen atoms in total. The maximum Gasteiger partial charge on any atom is 0.191 e. The second-order valence-corrected chi connectivity index (χ2v) is 6.20. The van der Waals surface area contributed by atoms with Crippen molar-refractivity contribution >= 4 is 29.9 Å². The number of methoxy groups -OCH3 is 1. The van der Waals surface area contributed by atoms with E-state index in [1.165, 1.54) is 13.2 Å². The number of furan rings is 1. The van der Waals surface area contributed by atoms with Crippen molar-refractivity contribution in [2.24, 2.45) is 4.99 Å².